The Bertz CT molecular complexity index is 1040. The molecule has 28 heavy (non-hydrogen) atoms. The summed E-state index contributed by atoms with van der Waals surface area (Å²) in [7, 11) is 1.53. The van der Waals surface area contributed by atoms with E-state index in [-0.39, 0.29) is 12.5 Å². The third-order valence-electron chi connectivity index (χ3n) is 3.90. The van der Waals surface area contributed by atoms with Crippen molar-refractivity contribution in [2.45, 2.75) is 6.92 Å². The van der Waals surface area contributed by atoms with Crippen LogP contribution in [0.2, 0.25) is 5.02 Å². The van der Waals surface area contributed by atoms with Crippen LogP contribution in [0.3, 0.4) is 0 Å². The van der Waals surface area contributed by atoms with E-state index in [1.807, 2.05) is 12.1 Å². The van der Waals surface area contributed by atoms with E-state index in [0.29, 0.717) is 26.3 Å². The fourth-order valence-electron chi connectivity index (χ4n) is 2.57. The zero-order valence-electron chi connectivity index (χ0n) is 15.2. The minimum atomic E-state index is -0.448. The normalized spacial score (nSPS) is 10.6. The zero-order chi connectivity index (χ0) is 20.3. The van der Waals surface area contributed by atoms with Gasteiger partial charge in [0, 0.05) is 23.3 Å². The van der Waals surface area contributed by atoms with Crippen molar-refractivity contribution < 1.29 is 14.0 Å². The first-order valence-electron chi connectivity index (χ1n) is 8.38. The van der Waals surface area contributed by atoms with Gasteiger partial charge in [-0.2, -0.15) is 0 Å². The molecular weight excluding hydrogens is 401 g/mol. The number of hydrogen-bond donors (Lipinski definition) is 1. The van der Waals surface area contributed by atoms with Gasteiger partial charge < -0.3 is 10.2 Å². The van der Waals surface area contributed by atoms with Crippen molar-refractivity contribution >= 4 is 40.4 Å². The topological polar surface area (TPSA) is 62.3 Å². The summed E-state index contributed by atoms with van der Waals surface area (Å²) in [5.74, 6) is -1.17. The Hall–Kier alpha value is -2.77. The van der Waals surface area contributed by atoms with Crippen LogP contribution in [0, 0.1) is 12.7 Å². The van der Waals surface area contributed by atoms with Gasteiger partial charge in [0.25, 0.3) is 5.91 Å². The molecule has 0 fully saturated rings. The molecule has 3 aromatic rings. The van der Waals surface area contributed by atoms with E-state index in [9.17, 15) is 14.0 Å². The van der Waals surface area contributed by atoms with Crippen LogP contribution in [0.5, 0.6) is 0 Å². The smallest absolute Gasteiger partial charge is 0.266 e. The molecule has 0 saturated carbocycles. The maximum atomic E-state index is 13.2. The van der Waals surface area contributed by atoms with E-state index in [4.69, 9.17) is 11.6 Å². The number of amides is 2. The Morgan fingerprint density at radius 2 is 1.96 bits per heavy atom. The number of aryl methyl sites for hydroxylation is 1. The molecule has 2 amide bonds. The fraction of sp³-hybridized carbons (Fsp3) is 0.150. The predicted octanol–water partition coefficient (Wildman–Crippen LogP) is 4.62. The van der Waals surface area contributed by atoms with Gasteiger partial charge in [-0.1, -0.05) is 29.8 Å². The molecule has 0 unspecified atom stereocenters. The number of carbonyl (C=O) groups excluding carboxylic acids is 2. The molecule has 1 heterocycles. The highest BCUT2D eigenvalue weighted by atomic mass is 35.5. The van der Waals surface area contributed by atoms with E-state index in [1.165, 1.54) is 41.5 Å². The Morgan fingerprint density at radius 1 is 1.21 bits per heavy atom. The molecule has 144 valence electrons. The van der Waals surface area contributed by atoms with E-state index >= 15 is 0 Å². The van der Waals surface area contributed by atoms with Crippen molar-refractivity contribution in [3.63, 3.8) is 0 Å². The summed E-state index contributed by atoms with van der Waals surface area (Å²) < 4.78 is 13.2. The van der Waals surface area contributed by atoms with Gasteiger partial charge in [0.05, 0.1) is 12.2 Å². The Morgan fingerprint density at radius 3 is 2.68 bits per heavy atom. The highest BCUT2D eigenvalue weighted by Gasteiger charge is 2.21. The number of carbonyl (C=O) groups is 2. The Balaban J connectivity index is 1.70. The number of thiazole rings is 1. The van der Waals surface area contributed by atoms with Crippen LogP contribution < -0.4 is 5.32 Å². The van der Waals surface area contributed by atoms with Gasteiger partial charge in [0.15, 0.2) is 0 Å². The van der Waals surface area contributed by atoms with Crippen molar-refractivity contribution in [1.82, 2.24) is 9.88 Å². The van der Waals surface area contributed by atoms with Gasteiger partial charge in [-0.25, -0.2) is 9.37 Å². The third-order valence-corrected chi connectivity index (χ3v) is 5.33. The summed E-state index contributed by atoms with van der Waals surface area (Å²) in [5, 5.41) is 3.84. The van der Waals surface area contributed by atoms with Crippen LogP contribution in [-0.4, -0.2) is 35.3 Å². The lowest BCUT2D eigenvalue weighted by atomic mass is 10.2. The highest BCUT2D eigenvalue weighted by molar-refractivity contribution is 7.17. The molecule has 0 radical (unpaired) electrons. The Kier molecular flexibility index (Phi) is 6.06. The van der Waals surface area contributed by atoms with Gasteiger partial charge in [0.2, 0.25) is 5.91 Å². The molecule has 0 bridgehead atoms. The molecule has 0 spiro atoms. The van der Waals surface area contributed by atoms with Gasteiger partial charge in [-0.15, -0.1) is 11.3 Å². The largest absolute Gasteiger partial charge is 0.332 e. The molecule has 1 aromatic heterocycles. The number of anilines is 1. The van der Waals surface area contributed by atoms with Crippen molar-refractivity contribution in [1.29, 1.82) is 0 Å². The van der Waals surface area contributed by atoms with E-state index in [1.54, 1.807) is 25.1 Å². The number of nitrogens with zero attached hydrogens (tertiary/aromatic N) is 2. The third kappa shape index (κ3) is 4.74. The molecule has 0 aliphatic heterocycles. The molecule has 2 aromatic carbocycles. The van der Waals surface area contributed by atoms with Crippen molar-refractivity contribution in [2.75, 3.05) is 18.9 Å². The minimum Gasteiger partial charge on any atom is -0.332 e. The van der Waals surface area contributed by atoms with Crippen LogP contribution >= 0.6 is 22.9 Å². The monoisotopic (exact) mass is 417 g/mol. The van der Waals surface area contributed by atoms with E-state index in [0.717, 1.165) is 5.56 Å². The molecule has 0 saturated heterocycles. The number of benzene rings is 2. The van der Waals surface area contributed by atoms with Crippen molar-refractivity contribution in [2.24, 2.45) is 0 Å². The second-order valence-corrected chi connectivity index (χ2v) is 7.60. The van der Waals surface area contributed by atoms with Crippen molar-refractivity contribution in [3.05, 3.63) is 69.9 Å². The van der Waals surface area contributed by atoms with Gasteiger partial charge in [0.1, 0.15) is 15.7 Å². The summed E-state index contributed by atoms with van der Waals surface area (Å²) in [6.45, 7) is 1.58. The number of likely N-dealkylation sites (N-methyl/N-ethyl adjacent to an activating group) is 1. The first-order valence-corrected chi connectivity index (χ1v) is 9.57. The summed E-state index contributed by atoms with van der Waals surface area (Å²) in [6, 6.07) is 12.8. The quantitative estimate of drug-likeness (QED) is 0.658. The summed E-state index contributed by atoms with van der Waals surface area (Å²) >= 11 is 7.27. The standard InChI is InChI=1S/C20H17ClFN3O2S/c1-12-18(28-19(23-12)13-5-3-6-14(21)9-13)20(27)25(2)11-17(26)24-16-8-4-7-15(22)10-16/h3-10H,11H2,1-2H3,(H,24,26). The fourth-order valence-corrected chi connectivity index (χ4v) is 3.81. The molecule has 0 atom stereocenters. The average molecular weight is 418 g/mol. The average Bonchev–Trinajstić information content (AvgIpc) is 3.02. The van der Waals surface area contributed by atoms with Crippen LogP contribution in [0.1, 0.15) is 15.4 Å². The van der Waals surface area contributed by atoms with Crippen LogP contribution in [0.15, 0.2) is 48.5 Å². The van der Waals surface area contributed by atoms with Gasteiger partial charge >= 0.3 is 0 Å². The second-order valence-electron chi connectivity index (χ2n) is 6.16. The molecule has 1 N–H and O–H groups in total. The lowest BCUT2D eigenvalue weighted by Gasteiger charge is -2.16. The van der Waals surface area contributed by atoms with E-state index < -0.39 is 11.7 Å². The number of rotatable bonds is 5. The van der Waals surface area contributed by atoms with Crippen molar-refractivity contribution in [3.8, 4) is 10.6 Å². The SMILES string of the molecule is Cc1nc(-c2cccc(Cl)c2)sc1C(=O)N(C)CC(=O)Nc1cccc(F)c1. The van der Waals surface area contributed by atoms with E-state index in [2.05, 4.69) is 10.3 Å². The predicted molar refractivity (Wildman–Crippen MR) is 109 cm³/mol. The number of nitrogens with one attached hydrogen (secondary N) is 1. The van der Waals surface area contributed by atoms with Crippen LogP contribution in [0.4, 0.5) is 10.1 Å². The summed E-state index contributed by atoms with van der Waals surface area (Å²) in [6.07, 6.45) is 0. The van der Waals surface area contributed by atoms with Gasteiger partial charge in [-0.3, -0.25) is 9.59 Å². The number of hydrogen-bond acceptors (Lipinski definition) is 4. The lowest BCUT2D eigenvalue weighted by Crippen LogP contribution is -2.34. The second kappa shape index (κ2) is 8.50. The molecule has 3 rings (SSSR count). The number of halogens is 2. The van der Waals surface area contributed by atoms with Crippen LogP contribution in [-0.2, 0) is 4.79 Å². The lowest BCUT2D eigenvalue weighted by molar-refractivity contribution is -0.116. The number of aromatic nitrogens is 1. The molecule has 0 aliphatic carbocycles. The first kappa shape index (κ1) is 20.0. The van der Waals surface area contributed by atoms with Gasteiger partial charge in [-0.05, 0) is 37.3 Å². The first-order chi connectivity index (χ1) is 13.3. The summed E-state index contributed by atoms with van der Waals surface area (Å²) in [4.78, 5) is 31.1. The minimum absolute atomic E-state index is 0.167. The highest BCUT2D eigenvalue weighted by Crippen LogP contribution is 2.30. The molecule has 8 heteroatoms. The molecule has 5 nitrogen and oxygen atoms in total. The Labute approximate surface area is 170 Å². The molecule has 0 aliphatic rings. The summed E-state index contributed by atoms with van der Waals surface area (Å²) in [5.41, 5.74) is 1.75. The maximum absolute atomic E-state index is 13.2. The van der Waals surface area contributed by atoms with Crippen LogP contribution in [0.25, 0.3) is 10.6 Å². The molecular formula is C20H17ClFN3O2S. The zero-order valence-corrected chi connectivity index (χ0v) is 16.8. The maximum Gasteiger partial charge on any atom is 0.266 e.